The van der Waals surface area contributed by atoms with Crippen LogP contribution in [0.3, 0.4) is 0 Å². The van der Waals surface area contributed by atoms with E-state index in [2.05, 4.69) is 6.92 Å². The van der Waals surface area contributed by atoms with Gasteiger partial charge >= 0.3 is 0 Å². The number of benzene rings is 3. The Labute approximate surface area is 226 Å². The highest BCUT2D eigenvalue weighted by Crippen LogP contribution is 2.34. The van der Waals surface area contributed by atoms with E-state index in [9.17, 15) is 13.2 Å². The van der Waals surface area contributed by atoms with Crippen molar-refractivity contribution in [2.75, 3.05) is 18.0 Å². The zero-order chi connectivity index (χ0) is 26.2. The predicted octanol–water partition coefficient (Wildman–Crippen LogP) is 6.53. The van der Waals surface area contributed by atoms with Gasteiger partial charge in [-0.2, -0.15) is 4.31 Å². The molecule has 1 saturated heterocycles. The number of thiazole rings is 1. The van der Waals surface area contributed by atoms with Crippen molar-refractivity contribution in [3.8, 4) is 0 Å². The van der Waals surface area contributed by atoms with Crippen LogP contribution in [0.15, 0.2) is 71.6 Å². The van der Waals surface area contributed by atoms with E-state index in [4.69, 9.17) is 16.6 Å². The summed E-state index contributed by atoms with van der Waals surface area (Å²) in [5, 5.41) is 1.19. The number of hydrogen-bond acceptors (Lipinski definition) is 5. The molecule has 5 rings (SSSR count). The van der Waals surface area contributed by atoms with Crippen molar-refractivity contribution in [2.24, 2.45) is 5.92 Å². The predicted molar refractivity (Wildman–Crippen MR) is 150 cm³/mol. The summed E-state index contributed by atoms with van der Waals surface area (Å²) in [7, 11) is -3.59. The average Bonchev–Trinajstić information content (AvgIpc) is 3.32. The van der Waals surface area contributed by atoms with Gasteiger partial charge in [-0.05, 0) is 73.2 Å². The van der Waals surface area contributed by atoms with Gasteiger partial charge in [-0.25, -0.2) is 13.4 Å². The molecular formula is C28H28ClN3O3S2. The zero-order valence-electron chi connectivity index (χ0n) is 20.7. The van der Waals surface area contributed by atoms with Crippen LogP contribution in [0.2, 0.25) is 5.02 Å². The summed E-state index contributed by atoms with van der Waals surface area (Å²) in [4.78, 5) is 20.4. The van der Waals surface area contributed by atoms with Gasteiger partial charge in [0, 0.05) is 23.7 Å². The van der Waals surface area contributed by atoms with Gasteiger partial charge in [0.25, 0.3) is 5.91 Å². The van der Waals surface area contributed by atoms with Crippen molar-refractivity contribution in [2.45, 2.75) is 38.1 Å². The highest BCUT2D eigenvalue weighted by atomic mass is 35.5. The van der Waals surface area contributed by atoms with E-state index in [0.29, 0.717) is 41.3 Å². The molecule has 0 N–H and O–H groups in total. The second-order valence-corrected chi connectivity index (χ2v) is 12.9. The molecule has 0 saturated carbocycles. The second-order valence-electron chi connectivity index (χ2n) is 9.55. The van der Waals surface area contributed by atoms with Crippen molar-refractivity contribution in [1.29, 1.82) is 0 Å². The maximum atomic E-state index is 13.8. The smallest absolute Gasteiger partial charge is 0.260 e. The molecule has 37 heavy (non-hydrogen) atoms. The summed E-state index contributed by atoms with van der Waals surface area (Å²) in [6.45, 7) is 5.47. The highest BCUT2D eigenvalue weighted by Gasteiger charge is 2.29. The first-order valence-electron chi connectivity index (χ1n) is 12.2. The van der Waals surface area contributed by atoms with Gasteiger partial charge in [-0.3, -0.25) is 9.69 Å². The Kier molecular flexibility index (Phi) is 7.36. The number of fused-ring (bicyclic) bond motifs is 1. The van der Waals surface area contributed by atoms with E-state index in [-0.39, 0.29) is 10.8 Å². The van der Waals surface area contributed by atoms with Gasteiger partial charge in [0.2, 0.25) is 10.0 Å². The van der Waals surface area contributed by atoms with E-state index < -0.39 is 10.0 Å². The maximum Gasteiger partial charge on any atom is 0.260 e. The Morgan fingerprint density at radius 1 is 1.08 bits per heavy atom. The van der Waals surface area contributed by atoms with Gasteiger partial charge in [0.15, 0.2) is 5.13 Å². The Hall–Kier alpha value is -2.78. The normalized spacial score (nSPS) is 15.2. The minimum Gasteiger partial charge on any atom is -0.279 e. The van der Waals surface area contributed by atoms with E-state index in [1.807, 2.05) is 49.4 Å². The molecule has 0 unspecified atom stereocenters. The molecule has 0 atom stereocenters. The number of amides is 1. The van der Waals surface area contributed by atoms with Crippen LogP contribution >= 0.6 is 22.9 Å². The topological polar surface area (TPSA) is 70.6 Å². The van der Waals surface area contributed by atoms with E-state index in [0.717, 1.165) is 34.2 Å². The molecule has 1 aliphatic rings. The van der Waals surface area contributed by atoms with Crippen LogP contribution in [0.25, 0.3) is 10.2 Å². The number of aryl methyl sites for hydroxylation is 1. The number of hydrogen-bond donors (Lipinski definition) is 0. The van der Waals surface area contributed by atoms with Crippen LogP contribution in [0, 0.1) is 12.8 Å². The fraction of sp³-hybridized carbons (Fsp3) is 0.286. The van der Waals surface area contributed by atoms with Gasteiger partial charge in [0.05, 0.1) is 21.7 Å². The third kappa shape index (κ3) is 5.43. The lowest BCUT2D eigenvalue weighted by Crippen LogP contribution is -2.37. The number of aromatic nitrogens is 1. The Morgan fingerprint density at radius 3 is 2.43 bits per heavy atom. The SMILES string of the molecule is Cc1cc(Cl)cc2sc(N(Cc3ccccc3)C(=O)c3ccc(S(=O)(=O)N4CCC(C)CC4)cc3)nc12. The van der Waals surface area contributed by atoms with Gasteiger partial charge in [-0.1, -0.05) is 60.2 Å². The van der Waals surface area contributed by atoms with Gasteiger partial charge in [-0.15, -0.1) is 0 Å². The molecular weight excluding hydrogens is 526 g/mol. The molecule has 6 nitrogen and oxygen atoms in total. The molecule has 9 heteroatoms. The highest BCUT2D eigenvalue weighted by molar-refractivity contribution is 7.89. The summed E-state index contributed by atoms with van der Waals surface area (Å²) in [5.74, 6) is 0.284. The third-order valence-electron chi connectivity index (χ3n) is 6.78. The van der Waals surface area contributed by atoms with Crippen LogP contribution < -0.4 is 4.90 Å². The molecule has 1 aromatic heterocycles. The van der Waals surface area contributed by atoms with Crippen LogP contribution in [-0.4, -0.2) is 36.7 Å². The van der Waals surface area contributed by atoms with Crippen molar-refractivity contribution in [1.82, 2.24) is 9.29 Å². The minimum atomic E-state index is -3.59. The second kappa shape index (κ2) is 10.5. The number of carbonyl (C=O) groups is 1. The third-order valence-corrected chi connectivity index (χ3v) is 9.94. The van der Waals surface area contributed by atoms with Crippen LogP contribution in [-0.2, 0) is 16.6 Å². The Morgan fingerprint density at radius 2 is 1.76 bits per heavy atom. The van der Waals surface area contributed by atoms with E-state index in [1.54, 1.807) is 21.3 Å². The lowest BCUT2D eigenvalue weighted by atomic mass is 10.0. The molecule has 0 radical (unpaired) electrons. The number of piperidine rings is 1. The van der Waals surface area contributed by atoms with Crippen LogP contribution in [0.5, 0.6) is 0 Å². The molecule has 2 heterocycles. The zero-order valence-corrected chi connectivity index (χ0v) is 23.1. The molecule has 1 amide bonds. The average molecular weight is 554 g/mol. The minimum absolute atomic E-state index is 0.207. The fourth-order valence-electron chi connectivity index (χ4n) is 4.55. The summed E-state index contributed by atoms with van der Waals surface area (Å²) in [6, 6.07) is 19.7. The maximum absolute atomic E-state index is 13.8. The number of halogens is 1. The van der Waals surface area contributed by atoms with Crippen molar-refractivity contribution in [3.05, 3.63) is 88.4 Å². The number of anilines is 1. The van der Waals surface area contributed by atoms with E-state index in [1.165, 1.54) is 23.5 Å². The summed E-state index contributed by atoms with van der Waals surface area (Å²) in [6.07, 6.45) is 1.72. The molecule has 3 aromatic carbocycles. The summed E-state index contributed by atoms with van der Waals surface area (Å²) < 4.78 is 28.7. The van der Waals surface area contributed by atoms with Gasteiger partial charge in [0.1, 0.15) is 0 Å². The lowest BCUT2D eigenvalue weighted by molar-refractivity contribution is 0.0985. The molecule has 0 bridgehead atoms. The largest absolute Gasteiger partial charge is 0.279 e. The first-order valence-corrected chi connectivity index (χ1v) is 14.9. The number of nitrogens with zero attached hydrogens (tertiary/aromatic N) is 3. The first kappa shape index (κ1) is 25.9. The quantitative estimate of drug-likeness (QED) is 0.272. The van der Waals surface area contributed by atoms with Crippen molar-refractivity contribution < 1.29 is 13.2 Å². The summed E-state index contributed by atoms with van der Waals surface area (Å²) >= 11 is 7.67. The first-order chi connectivity index (χ1) is 17.7. The fourth-order valence-corrected chi connectivity index (χ4v) is 7.44. The number of carbonyl (C=O) groups excluding carboxylic acids is 1. The van der Waals surface area contributed by atoms with Crippen molar-refractivity contribution in [3.63, 3.8) is 0 Å². The van der Waals surface area contributed by atoms with Crippen LogP contribution in [0.4, 0.5) is 5.13 Å². The Bertz CT molecular complexity index is 1530. The monoisotopic (exact) mass is 553 g/mol. The molecule has 4 aromatic rings. The Balaban J connectivity index is 1.47. The molecule has 192 valence electrons. The van der Waals surface area contributed by atoms with Crippen LogP contribution in [0.1, 0.15) is 41.3 Å². The van der Waals surface area contributed by atoms with Gasteiger partial charge < -0.3 is 0 Å². The molecule has 0 spiro atoms. The molecule has 1 aliphatic heterocycles. The summed E-state index contributed by atoms with van der Waals surface area (Å²) in [5.41, 5.74) is 3.12. The number of rotatable bonds is 6. The number of sulfonamides is 1. The van der Waals surface area contributed by atoms with E-state index >= 15 is 0 Å². The van der Waals surface area contributed by atoms with Crippen molar-refractivity contribution >= 4 is 54.2 Å². The molecule has 0 aliphatic carbocycles. The standard InChI is InChI=1S/C28H28ClN3O3S2/c1-19-12-14-31(15-13-19)37(34,35)24-10-8-22(9-11-24)27(33)32(18-21-6-4-3-5-7-21)28-30-26-20(2)16-23(29)17-25(26)36-28/h3-11,16-17,19H,12-15,18H2,1-2H3. The lowest BCUT2D eigenvalue weighted by Gasteiger charge is -2.29. The molecule has 1 fully saturated rings.